The molecular weight excluding hydrogens is 340 g/mol. The molecule has 1 saturated heterocycles. The fourth-order valence-corrected chi connectivity index (χ4v) is 3.24. The smallest absolute Gasteiger partial charge is 0.119 e. The summed E-state index contributed by atoms with van der Waals surface area (Å²) in [6.45, 7) is 13.1. The van der Waals surface area contributed by atoms with Crippen LogP contribution in [0.4, 0.5) is 0 Å². The Morgan fingerprint density at radius 1 is 1.15 bits per heavy atom. The van der Waals surface area contributed by atoms with Gasteiger partial charge in [-0.25, -0.2) is 0 Å². The van der Waals surface area contributed by atoms with Crippen LogP contribution < -0.4 is 15.4 Å². The highest BCUT2D eigenvalue weighted by Gasteiger charge is 2.08. The standard InChI is InChI=1S/C21H38N4O2/c1-3-24(19-22-2)12-5-15-27-21-8-6-20(7-9-21)18-23-10-4-11-25-13-16-26-17-14-25/h6-9,22-23H,3-5,10-19H2,1-2H3. The van der Waals surface area contributed by atoms with E-state index in [0.717, 1.165) is 84.5 Å². The molecule has 2 rings (SSSR count). The molecule has 2 N–H and O–H groups in total. The van der Waals surface area contributed by atoms with Gasteiger partial charge in [0, 0.05) is 32.8 Å². The number of hydrogen-bond acceptors (Lipinski definition) is 6. The third-order valence-corrected chi connectivity index (χ3v) is 4.90. The molecule has 1 aromatic rings. The molecule has 1 aliphatic heterocycles. The zero-order chi connectivity index (χ0) is 19.2. The van der Waals surface area contributed by atoms with Crippen LogP contribution in [-0.4, -0.2) is 82.6 Å². The summed E-state index contributed by atoms with van der Waals surface area (Å²) >= 11 is 0. The molecule has 0 unspecified atom stereocenters. The Morgan fingerprint density at radius 2 is 1.93 bits per heavy atom. The van der Waals surface area contributed by atoms with Crippen LogP contribution in [0, 0.1) is 0 Å². The summed E-state index contributed by atoms with van der Waals surface area (Å²) in [6.07, 6.45) is 2.23. The highest BCUT2D eigenvalue weighted by atomic mass is 16.5. The van der Waals surface area contributed by atoms with Crippen molar-refractivity contribution in [2.75, 3.05) is 72.8 Å². The fourth-order valence-electron chi connectivity index (χ4n) is 3.24. The predicted octanol–water partition coefficient (Wildman–Crippen LogP) is 1.77. The SMILES string of the molecule is CCN(CCCOc1ccc(CNCCCN2CCOCC2)cc1)CNC. The largest absolute Gasteiger partial charge is 0.494 e. The van der Waals surface area contributed by atoms with Crippen molar-refractivity contribution in [3.8, 4) is 5.75 Å². The topological polar surface area (TPSA) is 49.0 Å². The van der Waals surface area contributed by atoms with E-state index in [2.05, 4.69) is 51.6 Å². The first-order valence-corrected chi connectivity index (χ1v) is 10.4. The molecule has 0 amide bonds. The van der Waals surface area contributed by atoms with E-state index in [4.69, 9.17) is 9.47 Å². The van der Waals surface area contributed by atoms with Gasteiger partial charge in [0.15, 0.2) is 0 Å². The van der Waals surface area contributed by atoms with Crippen LogP contribution in [0.1, 0.15) is 25.3 Å². The number of nitrogens with one attached hydrogen (secondary N) is 2. The first-order chi connectivity index (χ1) is 13.3. The second kappa shape index (κ2) is 13.9. The van der Waals surface area contributed by atoms with Crippen LogP contribution in [0.25, 0.3) is 0 Å². The molecule has 6 heteroatoms. The Hall–Kier alpha value is -1.18. The summed E-state index contributed by atoms with van der Waals surface area (Å²) in [6, 6.07) is 8.47. The molecule has 0 aromatic heterocycles. The van der Waals surface area contributed by atoms with E-state index in [-0.39, 0.29) is 0 Å². The number of rotatable bonds is 14. The molecule has 27 heavy (non-hydrogen) atoms. The molecule has 1 aliphatic rings. The van der Waals surface area contributed by atoms with E-state index >= 15 is 0 Å². The van der Waals surface area contributed by atoms with Gasteiger partial charge in [0.25, 0.3) is 0 Å². The zero-order valence-corrected chi connectivity index (χ0v) is 17.2. The van der Waals surface area contributed by atoms with E-state index in [9.17, 15) is 0 Å². The van der Waals surface area contributed by atoms with E-state index < -0.39 is 0 Å². The van der Waals surface area contributed by atoms with Gasteiger partial charge >= 0.3 is 0 Å². The predicted molar refractivity (Wildman–Crippen MR) is 111 cm³/mol. The Morgan fingerprint density at radius 3 is 2.63 bits per heavy atom. The first-order valence-electron chi connectivity index (χ1n) is 10.4. The van der Waals surface area contributed by atoms with Crippen molar-refractivity contribution in [1.82, 2.24) is 20.4 Å². The van der Waals surface area contributed by atoms with Crippen molar-refractivity contribution in [1.29, 1.82) is 0 Å². The average molecular weight is 379 g/mol. The first kappa shape index (κ1) is 22.1. The number of ether oxygens (including phenoxy) is 2. The fraction of sp³-hybridized carbons (Fsp3) is 0.714. The van der Waals surface area contributed by atoms with Crippen LogP contribution in [-0.2, 0) is 11.3 Å². The molecule has 6 nitrogen and oxygen atoms in total. The number of hydrogen-bond donors (Lipinski definition) is 2. The second-order valence-electron chi connectivity index (χ2n) is 7.05. The summed E-state index contributed by atoms with van der Waals surface area (Å²) in [5, 5.41) is 6.73. The van der Waals surface area contributed by atoms with Gasteiger partial charge in [-0.15, -0.1) is 0 Å². The molecule has 0 bridgehead atoms. The van der Waals surface area contributed by atoms with Crippen molar-refractivity contribution < 1.29 is 9.47 Å². The Bertz CT molecular complexity index is 478. The highest BCUT2D eigenvalue weighted by molar-refractivity contribution is 5.27. The molecule has 1 fully saturated rings. The molecule has 0 atom stereocenters. The maximum Gasteiger partial charge on any atom is 0.119 e. The Kier molecular flexibility index (Phi) is 11.4. The van der Waals surface area contributed by atoms with Crippen LogP contribution in [0.15, 0.2) is 24.3 Å². The van der Waals surface area contributed by atoms with Crippen molar-refractivity contribution in [2.24, 2.45) is 0 Å². The van der Waals surface area contributed by atoms with Crippen molar-refractivity contribution in [2.45, 2.75) is 26.3 Å². The Labute approximate surface area is 165 Å². The van der Waals surface area contributed by atoms with Crippen LogP contribution in [0.5, 0.6) is 5.75 Å². The normalized spacial score (nSPS) is 15.4. The minimum absolute atomic E-state index is 0.763. The number of nitrogens with zero attached hydrogens (tertiary/aromatic N) is 2. The van der Waals surface area contributed by atoms with Crippen LogP contribution >= 0.6 is 0 Å². The third-order valence-electron chi connectivity index (χ3n) is 4.90. The average Bonchev–Trinajstić information content (AvgIpc) is 2.72. The van der Waals surface area contributed by atoms with Gasteiger partial charge in [-0.3, -0.25) is 9.80 Å². The van der Waals surface area contributed by atoms with Gasteiger partial charge < -0.3 is 20.1 Å². The summed E-state index contributed by atoms with van der Waals surface area (Å²) in [5.41, 5.74) is 1.31. The lowest BCUT2D eigenvalue weighted by Gasteiger charge is -2.26. The Balaban J connectivity index is 1.52. The molecule has 1 heterocycles. The van der Waals surface area contributed by atoms with Crippen molar-refractivity contribution in [3.05, 3.63) is 29.8 Å². The highest BCUT2D eigenvalue weighted by Crippen LogP contribution is 2.12. The minimum atomic E-state index is 0.763. The lowest BCUT2D eigenvalue weighted by Crippen LogP contribution is -2.37. The van der Waals surface area contributed by atoms with Gasteiger partial charge in [0.2, 0.25) is 0 Å². The minimum Gasteiger partial charge on any atom is -0.494 e. The van der Waals surface area contributed by atoms with Gasteiger partial charge in [-0.2, -0.15) is 0 Å². The summed E-state index contributed by atoms with van der Waals surface area (Å²) < 4.78 is 11.2. The van der Waals surface area contributed by atoms with Crippen LogP contribution in [0.2, 0.25) is 0 Å². The van der Waals surface area contributed by atoms with Crippen molar-refractivity contribution in [3.63, 3.8) is 0 Å². The van der Waals surface area contributed by atoms with Gasteiger partial charge in [-0.05, 0) is 57.2 Å². The monoisotopic (exact) mass is 378 g/mol. The molecular formula is C21H38N4O2. The van der Waals surface area contributed by atoms with Gasteiger partial charge in [-0.1, -0.05) is 19.1 Å². The number of morpholine rings is 1. The van der Waals surface area contributed by atoms with Crippen molar-refractivity contribution >= 4 is 0 Å². The maximum atomic E-state index is 5.86. The van der Waals surface area contributed by atoms with Crippen LogP contribution in [0.3, 0.4) is 0 Å². The van der Waals surface area contributed by atoms with E-state index in [1.54, 1.807) is 0 Å². The lowest BCUT2D eigenvalue weighted by atomic mass is 10.2. The molecule has 0 radical (unpaired) electrons. The molecule has 0 saturated carbocycles. The second-order valence-corrected chi connectivity index (χ2v) is 7.05. The quantitative estimate of drug-likeness (QED) is 0.380. The molecule has 1 aromatic carbocycles. The lowest BCUT2D eigenvalue weighted by molar-refractivity contribution is 0.0374. The van der Waals surface area contributed by atoms with Gasteiger partial charge in [0.1, 0.15) is 5.75 Å². The molecule has 154 valence electrons. The molecule has 0 spiro atoms. The summed E-state index contributed by atoms with van der Waals surface area (Å²) in [7, 11) is 1.99. The third kappa shape index (κ3) is 9.53. The van der Waals surface area contributed by atoms with E-state index in [1.165, 1.54) is 12.0 Å². The van der Waals surface area contributed by atoms with Gasteiger partial charge in [0.05, 0.1) is 19.8 Å². The summed E-state index contributed by atoms with van der Waals surface area (Å²) in [5.74, 6) is 0.961. The molecule has 0 aliphatic carbocycles. The summed E-state index contributed by atoms with van der Waals surface area (Å²) in [4.78, 5) is 4.85. The van der Waals surface area contributed by atoms with E-state index in [1.807, 2.05) is 7.05 Å². The number of benzene rings is 1. The maximum absolute atomic E-state index is 5.86. The zero-order valence-electron chi connectivity index (χ0n) is 17.2. The van der Waals surface area contributed by atoms with E-state index in [0.29, 0.717) is 0 Å².